The molecule has 0 unspecified atom stereocenters. The van der Waals surface area contributed by atoms with E-state index in [1.807, 2.05) is 23.9 Å². The number of carbonyl (C=O) groups is 1. The highest BCUT2D eigenvalue weighted by atomic mass is 32.2. The van der Waals surface area contributed by atoms with E-state index >= 15 is 0 Å². The third-order valence-electron chi connectivity index (χ3n) is 2.92. The lowest BCUT2D eigenvalue weighted by Crippen LogP contribution is -2.40. The second kappa shape index (κ2) is 7.50. The maximum absolute atomic E-state index is 11.7. The lowest BCUT2D eigenvalue weighted by molar-refractivity contribution is 0.0526. The topological polar surface area (TPSA) is 41.6 Å². The predicted molar refractivity (Wildman–Crippen MR) is 87.5 cm³/mol. The number of benzene rings is 1. The molecule has 1 N–H and O–H groups in total. The first-order chi connectivity index (χ1) is 9.70. The van der Waals surface area contributed by atoms with Crippen LogP contribution in [0.4, 0.5) is 5.69 Å². The predicted octanol–water partition coefficient (Wildman–Crippen LogP) is 2.61. The maximum atomic E-state index is 11.7. The summed E-state index contributed by atoms with van der Waals surface area (Å²) in [5.41, 5.74) is 1.35. The van der Waals surface area contributed by atoms with Gasteiger partial charge >= 0.3 is 5.97 Å². The number of carbonyl (C=O) groups excluding carboxylic acids is 1. The van der Waals surface area contributed by atoms with Crippen LogP contribution in [0.1, 0.15) is 17.3 Å². The smallest absolute Gasteiger partial charge is 0.338 e. The van der Waals surface area contributed by atoms with E-state index in [9.17, 15) is 4.79 Å². The number of nitrogens with zero attached hydrogens (tertiary/aromatic N) is 1. The van der Waals surface area contributed by atoms with Gasteiger partial charge in [-0.15, -0.1) is 0 Å². The lowest BCUT2D eigenvalue weighted by Gasteiger charge is -2.29. The molecule has 6 heteroatoms. The lowest BCUT2D eigenvalue weighted by atomic mass is 10.2. The molecule has 1 saturated heterocycles. The summed E-state index contributed by atoms with van der Waals surface area (Å²) >= 11 is 7.35. The minimum atomic E-state index is -0.309. The van der Waals surface area contributed by atoms with Gasteiger partial charge < -0.3 is 15.0 Å². The molecule has 0 radical (unpaired) electrons. The Hall–Kier alpha value is -1.27. The zero-order valence-corrected chi connectivity index (χ0v) is 13.1. The molecule has 1 aromatic carbocycles. The normalized spacial score (nSPS) is 14.8. The molecule has 0 amide bonds. The molecule has 4 nitrogen and oxygen atoms in total. The summed E-state index contributed by atoms with van der Waals surface area (Å²) in [6.07, 6.45) is 0. The first-order valence-electron chi connectivity index (χ1n) is 6.61. The number of hydrogen-bond acceptors (Lipinski definition) is 4. The molecule has 20 heavy (non-hydrogen) atoms. The van der Waals surface area contributed by atoms with Crippen molar-refractivity contribution >= 4 is 40.7 Å². The quantitative estimate of drug-likeness (QED) is 0.684. The second-order valence-electron chi connectivity index (χ2n) is 4.33. The molecule has 0 spiro atoms. The Morgan fingerprint density at radius 1 is 1.45 bits per heavy atom. The Morgan fingerprint density at radius 3 is 2.90 bits per heavy atom. The van der Waals surface area contributed by atoms with Crippen molar-refractivity contribution in [1.29, 1.82) is 0 Å². The Labute approximate surface area is 128 Å². The van der Waals surface area contributed by atoms with Gasteiger partial charge in [0.1, 0.15) is 0 Å². The largest absolute Gasteiger partial charge is 0.462 e. The second-order valence-corrected chi connectivity index (χ2v) is 5.94. The highest BCUT2D eigenvalue weighted by Crippen LogP contribution is 2.15. The first kappa shape index (κ1) is 15.1. The Bertz CT molecular complexity index is 488. The third-order valence-corrected chi connectivity index (χ3v) is 4.23. The number of ether oxygens (including phenoxy) is 1. The van der Waals surface area contributed by atoms with E-state index in [2.05, 4.69) is 10.2 Å². The summed E-state index contributed by atoms with van der Waals surface area (Å²) in [7, 11) is 0. The van der Waals surface area contributed by atoms with Crippen LogP contribution in [0.25, 0.3) is 0 Å². The fraction of sp³-hybridized carbons (Fsp3) is 0.429. The van der Waals surface area contributed by atoms with Crippen LogP contribution >= 0.6 is 24.0 Å². The summed E-state index contributed by atoms with van der Waals surface area (Å²) in [5, 5.41) is 3.90. The Kier molecular flexibility index (Phi) is 5.67. The van der Waals surface area contributed by atoms with Crippen LogP contribution in [-0.4, -0.2) is 47.2 Å². The number of thioether (sulfide) groups is 1. The molecule has 0 aliphatic carbocycles. The standard InChI is InChI=1S/C14H18N2O2S2/c1-2-18-13(17)11-4-3-5-12(10-11)15-14(19)16-6-8-20-9-7-16/h3-5,10H,2,6-9H2,1H3,(H,15,19). The van der Waals surface area contributed by atoms with Gasteiger partial charge in [-0.2, -0.15) is 11.8 Å². The van der Waals surface area contributed by atoms with Gasteiger partial charge in [0.2, 0.25) is 0 Å². The summed E-state index contributed by atoms with van der Waals surface area (Å²) < 4.78 is 4.99. The third kappa shape index (κ3) is 4.11. The van der Waals surface area contributed by atoms with Crippen LogP contribution in [0.3, 0.4) is 0 Å². The van der Waals surface area contributed by atoms with Crippen LogP contribution in [0, 0.1) is 0 Å². The molecule has 2 rings (SSSR count). The van der Waals surface area contributed by atoms with Gasteiger partial charge in [0, 0.05) is 30.3 Å². The van der Waals surface area contributed by atoms with Crippen molar-refractivity contribution in [3.05, 3.63) is 29.8 Å². The molecular formula is C14H18N2O2S2. The fourth-order valence-electron chi connectivity index (χ4n) is 1.91. The van der Waals surface area contributed by atoms with Crippen molar-refractivity contribution in [1.82, 2.24) is 4.90 Å². The molecule has 0 aromatic heterocycles. The van der Waals surface area contributed by atoms with Crippen LogP contribution in [0.5, 0.6) is 0 Å². The number of anilines is 1. The molecule has 1 aliphatic rings. The van der Waals surface area contributed by atoms with Gasteiger partial charge in [0.15, 0.2) is 5.11 Å². The first-order valence-corrected chi connectivity index (χ1v) is 8.18. The molecule has 0 atom stereocenters. The molecule has 108 valence electrons. The molecule has 0 bridgehead atoms. The van der Waals surface area contributed by atoms with Crippen molar-refractivity contribution in [2.24, 2.45) is 0 Å². The molecule has 1 aliphatic heterocycles. The molecule has 1 heterocycles. The zero-order valence-electron chi connectivity index (χ0n) is 11.4. The van der Waals surface area contributed by atoms with Crippen LogP contribution in [0.2, 0.25) is 0 Å². The minimum absolute atomic E-state index is 0.309. The number of nitrogens with one attached hydrogen (secondary N) is 1. The van der Waals surface area contributed by atoms with Gasteiger partial charge in [0.25, 0.3) is 0 Å². The summed E-state index contributed by atoms with van der Waals surface area (Å²) in [6.45, 7) is 4.10. The van der Waals surface area contributed by atoms with E-state index in [4.69, 9.17) is 17.0 Å². The molecule has 1 fully saturated rings. The zero-order chi connectivity index (χ0) is 14.4. The summed E-state index contributed by atoms with van der Waals surface area (Å²) in [4.78, 5) is 13.8. The van der Waals surface area contributed by atoms with Crippen molar-refractivity contribution in [2.45, 2.75) is 6.92 Å². The van der Waals surface area contributed by atoms with Crippen molar-refractivity contribution < 1.29 is 9.53 Å². The number of hydrogen-bond donors (Lipinski definition) is 1. The summed E-state index contributed by atoms with van der Waals surface area (Å²) in [6, 6.07) is 7.23. The van der Waals surface area contributed by atoms with E-state index < -0.39 is 0 Å². The van der Waals surface area contributed by atoms with Crippen LogP contribution in [-0.2, 0) is 4.74 Å². The average molecular weight is 310 g/mol. The van der Waals surface area contributed by atoms with Crippen molar-refractivity contribution in [3.8, 4) is 0 Å². The van der Waals surface area contributed by atoms with E-state index in [0.717, 1.165) is 30.3 Å². The van der Waals surface area contributed by atoms with Gasteiger partial charge in [0.05, 0.1) is 12.2 Å². The van der Waals surface area contributed by atoms with E-state index in [1.54, 1.807) is 19.1 Å². The number of thiocarbonyl (C=S) groups is 1. The maximum Gasteiger partial charge on any atom is 0.338 e. The fourth-order valence-corrected chi connectivity index (χ4v) is 3.11. The summed E-state index contributed by atoms with van der Waals surface area (Å²) in [5.74, 6) is 1.89. The SMILES string of the molecule is CCOC(=O)c1cccc(NC(=S)N2CCSCC2)c1. The minimum Gasteiger partial charge on any atom is -0.462 e. The van der Waals surface area contributed by atoms with E-state index in [-0.39, 0.29) is 5.97 Å². The average Bonchev–Trinajstić information content (AvgIpc) is 2.48. The number of rotatable bonds is 3. The van der Waals surface area contributed by atoms with Crippen LogP contribution < -0.4 is 5.32 Å². The van der Waals surface area contributed by atoms with Gasteiger partial charge in [-0.1, -0.05) is 6.07 Å². The van der Waals surface area contributed by atoms with E-state index in [1.165, 1.54) is 0 Å². The molecule has 1 aromatic rings. The van der Waals surface area contributed by atoms with Crippen molar-refractivity contribution in [3.63, 3.8) is 0 Å². The number of esters is 1. The van der Waals surface area contributed by atoms with Gasteiger partial charge in [-0.05, 0) is 37.3 Å². The molecule has 0 saturated carbocycles. The highest BCUT2D eigenvalue weighted by molar-refractivity contribution is 7.99. The highest BCUT2D eigenvalue weighted by Gasteiger charge is 2.14. The Balaban J connectivity index is 2.00. The van der Waals surface area contributed by atoms with Crippen LogP contribution in [0.15, 0.2) is 24.3 Å². The van der Waals surface area contributed by atoms with E-state index in [0.29, 0.717) is 17.3 Å². The van der Waals surface area contributed by atoms with Gasteiger partial charge in [-0.3, -0.25) is 0 Å². The molecular weight excluding hydrogens is 292 g/mol. The van der Waals surface area contributed by atoms with Gasteiger partial charge in [-0.25, -0.2) is 4.79 Å². The monoisotopic (exact) mass is 310 g/mol. The van der Waals surface area contributed by atoms with Crippen molar-refractivity contribution in [2.75, 3.05) is 36.5 Å². The Morgan fingerprint density at radius 2 is 2.20 bits per heavy atom.